The summed E-state index contributed by atoms with van der Waals surface area (Å²) in [6.07, 6.45) is 3.06. The van der Waals surface area contributed by atoms with E-state index >= 15 is 0 Å². The van der Waals surface area contributed by atoms with Gasteiger partial charge in [0, 0.05) is 25.7 Å². The van der Waals surface area contributed by atoms with Gasteiger partial charge >= 0.3 is 10.3 Å². The normalized spacial score (nSPS) is 14.0. The quantitative estimate of drug-likeness (QED) is 0.498. The van der Waals surface area contributed by atoms with Gasteiger partial charge in [0.2, 0.25) is 0 Å². The Labute approximate surface area is 176 Å². The van der Waals surface area contributed by atoms with Gasteiger partial charge in [-0.25, -0.2) is 15.1 Å². The van der Waals surface area contributed by atoms with Crippen molar-refractivity contribution in [3.63, 3.8) is 0 Å². The van der Waals surface area contributed by atoms with Crippen LogP contribution in [0.15, 0.2) is 48.9 Å². The smallest absolute Gasteiger partial charge is 0.333 e. The molecule has 2 aromatic heterocycles. The molecule has 2 atom stereocenters. The monoisotopic (exact) mass is 433 g/mol. The van der Waals surface area contributed by atoms with Gasteiger partial charge in [-0.2, -0.15) is 8.42 Å². The van der Waals surface area contributed by atoms with Crippen molar-refractivity contribution in [3.05, 3.63) is 54.5 Å². The second-order valence-corrected chi connectivity index (χ2v) is 8.48. The molecule has 0 radical (unpaired) electrons. The second-order valence-electron chi connectivity index (χ2n) is 7.26. The van der Waals surface area contributed by atoms with Gasteiger partial charge in [-0.15, -0.1) is 0 Å². The topological polar surface area (TPSA) is 124 Å². The average Bonchev–Trinajstić information content (AvgIpc) is 3.11. The zero-order valence-corrected chi connectivity index (χ0v) is 17.9. The molecule has 0 aliphatic carbocycles. The number of nitrogens with two attached hydrogens (primary N) is 1. The van der Waals surface area contributed by atoms with Gasteiger partial charge in [-0.3, -0.25) is 4.18 Å². The van der Waals surface area contributed by atoms with E-state index in [0.29, 0.717) is 18.6 Å². The highest BCUT2D eigenvalue weighted by Crippen LogP contribution is 2.25. The van der Waals surface area contributed by atoms with Crippen LogP contribution in [0.3, 0.4) is 0 Å². The van der Waals surface area contributed by atoms with Crippen molar-refractivity contribution in [1.29, 1.82) is 0 Å². The maximum atomic E-state index is 11.0. The molecule has 3 aromatic rings. The predicted molar refractivity (Wildman–Crippen MR) is 115 cm³/mol. The molecule has 2 heterocycles. The molecule has 0 unspecified atom stereocenters. The van der Waals surface area contributed by atoms with Gasteiger partial charge in [-0.05, 0) is 18.1 Å². The second kappa shape index (κ2) is 9.52. The number of aliphatic hydroxyl groups excluding tert-OH is 1. The fourth-order valence-electron chi connectivity index (χ4n) is 3.41. The largest absolute Gasteiger partial charge is 0.391 e. The Bertz CT molecular complexity index is 1070. The highest BCUT2D eigenvalue weighted by atomic mass is 32.2. The van der Waals surface area contributed by atoms with Crippen LogP contribution in [0.4, 0.5) is 5.82 Å². The third-order valence-electron chi connectivity index (χ3n) is 5.06. The van der Waals surface area contributed by atoms with Crippen molar-refractivity contribution in [1.82, 2.24) is 14.5 Å². The van der Waals surface area contributed by atoms with Gasteiger partial charge < -0.3 is 14.6 Å². The summed E-state index contributed by atoms with van der Waals surface area (Å²) >= 11 is 0. The summed E-state index contributed by atoms with van der Waals surface area (Å²) in [5.41, 5.74) is 1.86. The molecule has 30 heavy (non-hydrogen) atoms. The summed E-state index contributed by atoms with van der Waals surface area (Å²) < 4.78 is 28.6. The van der Waals surface area contributed by atoms with E-state index in [1.165, 1.54) is 11.9 Å². The van der Waals surface area contributed by atoms with Gasteiger partial charge in [-0.1, -0.05) is 37.3 Å². The SMILES string of the molecule is CC[C@@H](COS(N)(=O)=O)[C@@H](O)Cn1ccc2c(N(C)Cc3ccccc3)ncnc21. The van der Waals surface area contributed by atoms with Gasteiger partial charge in [0.05, 0.1) is 24.6 Å². The number of anilines is 1. The molecule has 0 aliphatic rings. The van der Waals surface area contributed by atoms with Crippen LogP contribution in [0, 0.1) is 5.92 Å². The minimum absolute atomic E-state index is 0.171. The van der Waals surface area contributed by atoms with Crippen molar-refractivity contribution < 1.29 is 17.7 Å². The summed E-state index contributed by atoms with van der Waals surface area (Å²) in [5.74, 6) is 0.407. The number of aliphatic hydroxyl groups is 1. The highest BCUT2D eigenvalue weighted by molar-refractivity contribution is 7.84. The van der Waals surface area contributed by atoms with Crippen LogP contribution in [-0.4, -0.2) is 47.8 Å². The summed E-state index contributed by atoms with van der Waals surface area (Å²) in [4.78, 5) is 10.9. The van der Waals surface area contributed by atoms with Crippen LogP contribution < -0.4 is 10.0 Å². The molecular formula is C20H27N5O4S. The van der Waals surface area contributed by atoms with Gasteiger partial charge in [0.1, 0.15) is 17.8 Å². The molecule has 1 aromatic carbocycles. The van der Waals surface area contributed by atoms with E-state index in [2.05, 4.69) is 31.2 Å². The van der Waals surface area contributed by atoms with E-state index < -0.39 is 16.4 Å². The van der Waals surface area contributed by atoms with Crippen molar-refractivity contribution in [2.45, 2.75) is 32.5 Å². The van der Waals surface area contributed by atoms with Crippen LogP contribution in [-0.2, 0) is 27.6 Å². The van der Waals surface area contributed by atoms with Crippen LogP contribution in [0.1, 0.15) is 18.9 Å². The lowest BCUT2D eigenvalue weighted by Crippen LogP contribution is -2.31. The number of fused-ring (bicyclic) bond motifs is 1. The first-order valence-electron chi connectivity index (χ1n) is 9.68. The van der Waals surface area contributed by atoms with Crippen LogP contribution in [0.5, 0.6) is 0 Å². The lowest BCUT2D eigenvalue weighted by atomic mass is 10.0. The lowest BCUT2D eigenvalue weighted by molar-refractivity contribution is 0.0616. The van der Waals surface area contributed by atoms with E-state index in [-0.39, 0.29) is 19.1 Å². The van der Waals surface area contributed by atoms with Crippen molar-refractivity contribution >= 4 is 27.2 Å². The minimum Gasteiger partial charge on any atom is -0.391 e. The van der Waals surface area contributed by atoms with Gasteiger partial charge in [0.25, 0.3) is 0 Å². The molecule has 10 heteroatoms. The molecule has 0 spiro atoms. The third-order valence-corrected chi connectivity index (χ3v) is 5.52. The van der Waals surface area contributed by atoms with Crippen LogP contribution in [0.25, 0.3) is 11.0 Å². The Kier molecular flexibility index (Phi) is 7.03. The predicted octanol–water partition coefficient (Wildman–Crippen LogP) is 1.67. The summed E-state index contributed by atoms with van der Waals surface area (Å²) in [5, 5.41) is 16.4. The van der Waals surface area contributed by atoms with Crippen molar-refractivity contribution in [2.24, 2.45) is 11.1 Å². The van der Waals surface area contributed by atoms with Gasteiger partial charge in [0.15, 0.2) is 0 Å². The molecule has 0 aliphatic heterocycles. The Morgan fingerprint density at radius 3 is 2.63 bits per heavy atom. The fraction of sp³-hybridized carbons (Fsp3) is 0.400. The molecule has 3 rings (SSSR count). The molecule has 9 nitrogen and oxygen atoms in total. The third kappa shape index (κ3) is 5.54. The highest BCUT2D eigenvalue weighted by Gasteiger charge is 2.22. The molecule has 162 valence electrons. The van der Waals surface area contributed by atoms with Crippen LogP contribution >= 0.6 is 0 Å². The van der Waals surface area contributed by atoms with Crippen LogP contribution in [0.2, 0.25) is 0 Å². The first kappa shape index (κ1) is 22.2. The zero-order valence-electron chi connectivity index (χ0n) is 17.0. The molecule has 0 bridgehead atoms. The molecule has 0 saturated heterocycles. The van der Waals surface area contributed by atoms with Crippen molar-refractivity contribution in [3.8, 4) is 0 Å². The fourth-order valence-corrected chi connectivity index (χ4v) is 3.77. The minimum atomic E-state index is -4.04. The zero-order chi connectivity index (χ0) is 21.7. The number of hydrogen-bond donors (Lipinski definition) is 2. The molecule has 0 fully saturated rings. The van der Waals surface area contributed by atoms with E-state index in [1.54, 1.807) is 0 Å². The first-order chi connectivity index (χ1) is 14.3. The lowest BCUT2D eigenvalue weighted by Gasteiger charge is -2.22. The molecule has 3 N–H and O–H groups in total. The number of rotatable bonds is 10. The Balaban J connectivity index is 1.77. The summed E-state index contributed by atoms with van der Waals surface area (Å²) in [7, 11) is -2.07. The molecule has 0 amide bonds. The Morgan fingerprint density at radius 1 is 1.23 bits per heavy atom. The number of benzene rings is 1. The van der Waals surface area contributed by atoms with E-state index in [9.17, 15) is 13.5 Å². The average molecular weight is 434 g/mol. The van der Waals surface area contributed by atoms with Crippen molar-refractivity contribution in [2.75, 3.05) is 18.6 Å². The number of nitrogens with zero attached hydrogens (tertiary/aromatic N) is 4. The Morgan fingerprint density at radius 2 is 1.97 bits per heavy atom. The molecule has 0 saturated carbocycles. The summed E-state index contributed by atoms with van der Waals surface area (Å²) in [6, 6.07) is 12.0. The maximum absolute atomic E-state index is 11.0. The molecular weight excluding hydrogens is 406 g/mol. The summed E-state index contributed by atoms with van der Waals surface area (Å²) in [6.45, 7) is 2.63. The maximum Gasteiger partial charge on any atom is 0.333 e. The van der Waals surface area contributed by atoms with E-state index in [1.807, 2.05) is 49.0 Å². The number of hydrogen-bond acceptors (Lipinski definition) is 7. The van der Waals surface area contributed by atoms with E-state index in [4.69, 9.17) is 5.14 Å². The standard InChI is InChI=1S/C20H27N5O4S/c1-3-16(13-29-30(21,27)28)18(26)12-25-10-9-17-19(22-14-23-20(17)25)24(2)11-15-7-5-4-6-8-15/h4-10,14,16,18,26H,3,11-13H2,1-2H3,(H2,21,27,28)/t16-,18-/m0/s1. The first-order valence-corrected chi connectivity index (χ1v) is 11.2. The number of aromatic nitrogens is 3. The Hall–Kier alpha value is -2.53. The van der Waals surface area contributed by atoms with E-state index in [0.717, 1.165) is 11.2 Å².